The Kier molecular flexibility index (Phi) is 4.98. The Bertz CT molecular complexity index is 1750. The molecule has 1 aliphatic heterocycles. The van der Waals surface area contributed by atoms with E-state index in [2.05, 4.69) is 122 Å². The van der Waals surface area contributed by atoms with Crippen molar-refractivity contribution in [3.05, 3.63) is 125 Å². The Hall–Kier alpha value is -4.04. The van der Waals surface area contributed by atoms with E-state index in [4.69, 9.17) is 4.74 Å². The highest BCUT2D eigenvalue weighted by Gasteiger charge is 2.43. The van der Waals surface area contributed by atoms with Gasteiger partial charge in [-0.15, -0.1) is 0 Å². The lowest BCUT2D eigenvalue weighted by Crippen LogP contribution is -2.29. The summed E-state index contributed by atoms with van der Waals surface area (Å²) in [6.45, 7) is 4.70. The third-order valence-electron chi connectivity index (χ3n) is 9.57. The molecule has 1 saturated carbocycles. The summed E-state index contributed by atoms with van der Waals surface area (Å²) in [5.41, 5.74) is 10.7. The second-order valence-corrected chi connectivity index (χ2v) is 12.1. The first-order valence-corrected chi connectivity index (χ1v) is 14.4. The van der Waals surface area contributed by atoms with Crippen LogP contribution in [0.5, 0.6) is 5.75 Å². The van der Waals surface area contributed by atoms with Crippen molar-refractivity contribution in [3.8, 4) is 16.9 Å². The number of hydrogen-bond donors (Lipinski definition) is 1. The molecule has 5 aromatic rings. The summed E-state index contributed by atoms with van der Waals surface area (Å²) >= 11 is 0. The fourth-order valence-electron chi connectivity index (χ4n) is 7.69. The van der Waals surface area contributed by atoms with Gasteiger partial charge in [0.1, 0.15) is 11.9 Å². The predicted molar refractivity (Wildman–Crippen MR) is 161 cm³/mol. The van der Waals surface area contributed by atoms with Gasteiger partial charge in [0.05, 0.1) is 0 Å². The van der Waals surface area contributed by atoms with Crippen LogP contribution in [-0.2, 0) is 5.41 Å². The largest absolute Gasteiger partial charge is 0.489 e. The monoisotopic (exact) mass is 507 g/mol. The van der Waals surface area contributed by atoms with E-state index in [1.807, 2.05) is 0 Å². The molecule has 3 aliphatic rings. The Labute approximate surface area is 230 Å². The highest BCUT2D eigenvalue weighted by molar-refractivity contribution is 5.89. The van der Waals surface area contributed by atoms with Gasteiger partial charge in [-0.1, -0.05) is 86.6 Å². The molecule has 3 atom stereocenters. The number of anilines is 2. The van der Waals surface area contributed by atoms with Gasteiger partial charge in [0.2, 0.25) is 0 Å². The van der Waals surface area contributed by atoms with Crippen LogP contribution in [0.1, 0.15) is 67.2 Å². The van der Waals surface area contributed by atoms with Crippen molar-refractivity contribution in [2.45, 2.75) is 56.5 Å². The number of hydrogen-bond acceptors (Lipinski definition) is 2. The summed E-state index contributed by atoms with van der Waals surface area (Å²) in [6, 6.07) is 38.1. The van der Waals surface area contributed by atoms with E-state index in [1.54, 1.807) is 0 Å². The molecule has 2 heteroatoms. The highest BCUT2D eigenvalue weighted by Crippen LogP contribution is 2.54. The van der Waals surface area contributed by atoms with Crippen molar-refractivity contribution in [3.63, 3.8) is 0 Å². The van der Waals surface area contributed by atoms with Crippen LogP contribution in [0.4, 0.5) is 11.4 Å². The van der Waals surface area contributed by atoms with Crippen molar-refractivity contribution < 1.29 is 4.74 Å². The van der Waals surface area contributed by atoms with Crippen LogP contribution >= 0.6 is 0 Å². The number of benzene rings is 5. The maximum Gasteiger partial charge on any atom is 0.123 e. The topological polar surface area (TPSA) is 21.3 Å². The van der Waals surface area contributed by atoms with E-state index < -0.39 is 0 Å². The maximum absolute atomic E-state index is 6.49. The fraction of sp³-hybridized carbons (Fsp3) is 0.243. The molecule has 39 heavy (non-hydrogen) atoms. The van der Waals surface area contributed by atoms with Crippen LogP contribution < -0.4 is 10.1 Å². The van der Waals surface area contributed by atoms with Gasteiger partial charge in [0.25, 0.3) is 0 Å². The number of nitrogens with one attached hydrogen (secondary N) is 1. The molecular formula is C37H33NO. The SMILES string of the molecule is CC1(C)c2ccccc2-c2ccc(Nc3cc4ccccc4cc3C3CCCC4Oc5ccccc5C43)cc21. The van der Waals surface area contributed by atoms with E-state index in [9.17, 15) is 0 Å². The molecule has 1 fully saturated rings. The Morgan fingerprint density at radius 3 is 2.33 bits per heavy atom. The van der Waals surface area contributed by atoms with Crippen LogP contribution in [0.25, 0.3) is 21.9 Å². The van der Waals surface area contributed by atoms with Crippen molar-refractivity contribution >= 4 is 22.1 Å². The maximum atomic E-state index is 6.49. The highest BCUT2D eigenvalue weighted by atomic mass is 16.5. The summed E-state index contributed by atoms with van der Waals surface area (Å²) in [7, 11) is 0. The molecule has 1 N–H and O–H groups in total. The van der Waals surface area contributed by atoms with Crippen molar-refractivity contribution in [2.75, 3.05) is 5.32 Å². The standard InChI is InChI=1S/C37H33NO/c1-37(2)31-15-7-5-12-26(31)27-19-18-25(22-32(27)37)38-33-21-24-11-4-3-10-23(24)20-30(33)28-14-9-17-35-36(28)29-13-6-8-16-34(29)39-35/h3-8,10-13,15-16,18-22,28,35-36,38H,9,14,17H2,1-2H3. The van der Waals surface area contributed by atoms with Crippen molar-refractivity contribution in [1.82, 2.24) is 0 Å². The molecular weight excluding hydrogens is 474 g/mol. The second kappa shape index (κ2) is 8.48. The number of ether oxygens (including phenoxy) is 1. The van der Waals surface area contributed by atoms with Gasteiger partial charge in [0, 0.05) is 28.3 Å². The van der Waals surface area contributed by atoms with Crippen LogP contribution in [-0.4, -0.2) is 6.10 Å². The second-order valence-electron chi connectivity index (χ2n) is 12.1. The summed E-state index contributed by atoms with van der Waals surface area (Å²) in [6.07, 6.45) is 3.77. The van der Waals surface area contributed by atoms with E-state index >= 15 is 0 Å². The van der Waals surface area contributed by atoms with Crippen molar-refractivity contribution in [1.29, 1.82) is 0 Å². The van der Waals surface area contributed by atoms with Gasteiger partial charge in [-0.3, -0.25) is 0 Å². The first-order valence-electron chi connectivity index (χ1n) is 14.4. The Morgan fingerprint density at radius 1 is 0.692 bits per heavy atom. The average molecular weight is 508 g/mol. The third kappa shape index (κ3) is 3.47. The van der Waals surface area contributed by atoms with Gasteiger partial charge in [0.15, 0.2) is 0 Å². The molecule has 1 heterocycles. The smallest absolute Gasteiger partial charge is 0.123 e. The van der Waals surface area contributed by atoms with Crippen LogP contribution in [0.15, 0.2) is 103 Å². The first kappa shape index (κ1) is 22.9. The zero-order valence-electron chi connectivity index (χ0n) is 22.6. The quantitative estimate of drug-likeness (QED) is 0.262. The molecule has 0 bridgehead atoms. The average Bonchev–Trinajstić information content (AvgIpc) is 3.45. The van der Waals surface area contributed by atoms with Gasteiger partial charge in [-0.05, 0) is 94.1 Å². The Morgan fingerprint density at radius 2 is 1.44 bits per heavy atom. The minimum absolute atomic E-state index is 0.0165. The molecule has 2 nitrogen and oxygen atoms in total. The summed E-state index contributed by atoms with van der Waals surface area (Å²) in [5, 5.41) is 6.49. The minimum atomic E-state index is -0.0165. The summed E-state index contributed by atoms with van der Waals surface area (Å²) in [4.78, 5) is 0. The molecule has 2 aliphatic carbocycles. The predicted octanol–water partition coefficient (Wildman–Crippen LogP) is 9.70. The van der Waals surface area contributed by atoms with Gasteiger partial charge in [-0.25, -0.2) is 0 Å². The molecule has 3 unspecified atom stereocenters. The zero-order valence-corrected chi connectivity index (χ0v) is 22.6. The van der Waals surface area contributed by atoms with Crippen molar-refractivity contribution in [2.24, 2.45) is 0 Å². The molecule has 0 aromatic heterocycles. The van der Waals surface area contributed by atoms with Gasteiger partial charge in [-0.2, -0.15) is 0 Å². The lowest BCUT2D eigenvalue weighted by Gasteiger charge is -2.34. The van der Waals surface area contributed by atoms with E-state index in [-0.39, 0.29) is 11.5 Å². The number of fused-ring (bicyclic) bond motifs is 7. The van der Waals surface area contributed by atoms with Crippen LogP contribution in [0.2, 0.25) is 0 Å². The van der Waals surface area contributed by atoms with E-state index in [0.29, 0.717) is 11.8 Å². The molecule has 0 amide bonds. The molecule has 0 radical (unpaired) electrons. The lowest BCUT2D eigenvalue weighted by molar-refractivity contribution is 0.150. The first-order chi connectivity index (χ1) is 19.1. The summed E-state index contributed by atoms with van der Waals surface area (Å²) < 4.78 is 6.49. The molecule has 0 saturated heterocycles. The summed E-state index contributed by atoms with van der Waals surface area (Å²) in [5.74, 6) is 1.88. The lowest BCUT2D eigenvalue weighted by atomic mass is 9.71. The van der Waals surface area contributed by atoms with Gasteiger partial charge < -0.3 is 10.1 Å². The third-order valence-corrected chi connectivity index (χ3v) is 9.57. The van der Waals surface area contributed by atoms with Crippen LogP contribution in [0, 0.1) is 0 Å². The van der Waals surface area contributed by atoms with Gasteiger partial charge >= 0.3 is 0 Å². The van der Waals surface area contributed by atoms with Crippen LogP contribution in [0.3, 0.4) is 0 Å². The molecule has 8 rings (SSSR count). The molecule has 0 spiro atoms. The zero-order chi connectivity index (χ0) is 26.1. The number of para-hydroxylation sites is 1. The van der Waals surface area contributed by atoms with E-state index in [1.165, 1.54) is 62.7 Å². The number of rotatable bonds is 3. The fourth-order valence-corrected chi connectivity index (χ4v) is 7.69. The minimum Gasteiger partial charge on any atom is -0.489 e. The normalized spacial score (nSPS) is 21.9. The molecule has 5 aromatic carbocycles. The van der Waals surface area contributed by atoms with E-state index in [0.717, 1.165) is 17.9 Å². The molecule has 192 valence electrons. The Balaban J connectivity index is 1.24.